The molecule has 0 aliphatic carbocycles. The van der Waals surface area contributed by atoms with Crippen molar-refractivity contribution in [3.8, 4) is 0 Å². The molecular formula is C11H12FN3O2S. The number of hydrogen-bond donors (Lipinski definition) is 1. The van der Waals surface area contributed by atoms with Crippen molar-refractivity contribution in [3.63, 3.8) is 0 Å². The molecule has 0 aliphatic rings. The number of nitrogens with zero attached hydrogens (tertiary/aromatic N) is 2. The van der Waals surface area contributed by atoms with E-state index in [0.717, 1.165) is 4.31 Å². The number of hydrogen-bond acceptors (Lipinski definition) is 3. The van der Waals surface area contributed by atoms with Crippen LogP contribution in [0.3, 0.4) is 0 Å². The first-order chi connectivity index (χ1) is 8.44. The first kappa shape index (κ1) is 12.6. The number of halogens is 1. The van der Waals surface area contributed by atoms with Crippen molar-refractivity contribution >= 4 is 15.7 Å². The normalized spacial score (nSPS) is 11.5. The second-order valence-electron chi connectivity index (χ2n) is 3.78. The molecule has 7 heteroatoms. The largest absolute Gasteiger partial charge is 0.281 e. The second-order valence-corrected chi connectivity index (χ2v) is 5.72. The van der Waals surface area contributed by atoms with Crippen LogP contribution >= 0.6 is 0 Å². The van der Waals surface area contributed by atoms with Crippen molar-refractivity contribution in [3.05, 3.63) is 42.0 Å². The summed E-state index contributed by atoms with van der Waals surface area (Å²) in [5.74, 6) is -0.593. The average molecular weight is 269 g/mol. The molecule has 1 aromatic carbocycles. The van der Waals surface area contributed by atoms with Gasteiger partial charge in [0.2, 0.25) is 0 Å². The Kier molecular flexibility index (Phi) is 3.08. The summed E-state index contributed by atoms with van der Waals surface area (Å²) >= 11 is 0. The zero-order valence-electron chi connectivity index (χ0n) is 9.88. The Balaban J connectivity index is 2.50. The van der Waals surface area contributed by atoms with Crippen molar-refractivity contribution in [2.75, 3.05) is 11.4 Å². The Labute approximate surface area is 104 Å². The summed E-state index contributed by atoms with van der Waals surface area (Å²) < 4.78 is 39.0. The maximum absolute atomic E-state index is 13.6. The molecule has 2 rings (SSSR count). The van der Waals surface area contributed by atoms with Gasteiger partial charge in [-0.1, -0.05) is 12.1 Å². The van der Waals surface area contributed by atoms with Crippen molar-refractivity contribution in [2.24, 2.45) is 0 Å². The van der Waals surface area contributed by atoms with Crippen LogP contribution in [0, 0.1) is 12.7 Å². The first-order valence-corrected chi connectivity index (χ1v) is 6.62. The van der Waals surface area contributed by atoms with Crippen LogP contribution in [0.15, 0.2) is 35.4 Å². The molecule has 0 radical (unpaired) electrons. The van der Waals surface area contributed by atoms with Gasteiger partial charge in [-0.15, -0.1) is 0 Å². The van der Waals surface area contributed by atoms with Crippen molar-refractivity contribution in [2.45, 2.75) is 11.8 Å². The van der Waals surface area contributed by atoms with E-state index in [1.165, 1.54) is 31.4 Å². The van der Waals surface area contributed by atoms with Gasteiger partial charge in [-0.25, -0.2) is 12.8 Å². The fraction of sp³-hybridized carbons (Fsp3) is 0.182. The minimum Gasteiger partial charge on any atom is -0.281 e. The maximum atomic E-state index is 13.6. The Bertz CT molecular complexity index is 666. The van der Waals surface area contributed by atoms with E-state index >= 15 is 0 Å². The molecule has 0 saturated carbocycles. The average Bonchev–Trinajstić information content (AvgIpc) is 2.76. The van der Waals surface area contributed by atoms with Crippen LogP contribution in [0.1, 0.15) is 5.69 Å². The highest BCUT2D eigenvalue weighted by Gasteiger charge is 2.26. The van der Waals surface area contributed by atoms with Gasteiger partial charge < -0.3 is 0 Å². The molecule has 0 atom stereocenters. The lowest BCUT2D eigenvalue weighted by molar-refractivity contribution is 0.589. The molecule has 0 amide bonds. The Morgan fingerprint density at radius 1 is 1.33 bits per heavy atom. The highest BCUT2D eigenvalue weighted by Crippen LogP contribution is 2.25. The molecule has 18 heavy (non-hydrogen) atoms. The molecule has 1 heterocycles. The van der Waals surface area contributed by atoms with Crippen molar-refractivity contribution in [1.29, 1.82) is 0 Å². The Hall–Kier alpha value is -1.89. The second kappa shape index (κ2) is 4.41. The van der Waals surface area contributed by atoms with Crippen LogP contribution in [-0.2, 0) is 10.0 Å². The van der Waals surface area contributed by atoms with Gasteiger partial charge in [-0.2, -0.15) is 5.10 Å². The number of aromatic amines is 1. The standard InChI is InChI=1S/C11H12FN3O2S/c1-8-11(7-13-14-8)18(16,17)15(2)10-6-4-3-5-9(10)12/h3-7H,1-2H3,(H,13,14). The van der Waals surface area contributed by atoms with E-state index in [0.29, 0.717) is 5.69 Å². The van der Waals surface area contributed by atoms with Crippen LogP contribution in [0.4, 0.5) is 10.1 Å². The fourth-order valence-corrected chi connectivity index (χ4v) is 2.90. The number of para-hydroxylation sites is 1. The lowest BCUT2D eigenvalue weighted by Crippen LogP contribution is -2.27. The van der Waals surface area contributed by atoms with Gasteiger partial charge in [0.15, 0.2) is 0 Å². The monoisotopic (exact) mass is 269 g/mol. The van der Waals surface area contributed by atoms with Crippen LogP contribution in [0.2, 0.25) is 0 Å². The number of benzene rings is 1. The number of sulfonamides is 1. The summed E-state index contributed by atoms with van der Waals surface area (Å²) in [5, 5.41) is 6.21. The minimum absolute atomic E-state index is 0.00176. The minimum atomic E-state index is -3.80. The predicted octanol–water partition coefficient (Wildman–Crippen LogP) is 1.68. The number of nitrogens with one attached hydrogen (secondary N) is 1. The number of anilines is 1. The summed E-state index contributed by atoms with van der Waals surface area (Å²) in [6.45, 7) is 1.59. The van der Waals surface area contributed by atoms with Gasteiger partial charge in [0.25, 0.3) is 10.0 Å². The van der Waals surface area contributed by atoms with Crippen LogP contribution in [-0.4, -0.2) is 25.7 Å². The summed E-state index contributed by atoms with van der Waals surface area (Å²) in [6, 6.07) is 5.70. The molecule has 0 bridgehead atoms. The molecule has 1 N–H and O–H groups in total. The third kappa shape index (κ3) is 1.97. The van der Waals surface area contributed by atoms with E-state index in [-0.39, 0.29) is 10.6 Å². The summed E-state index contributed by atoms with van der Waals surface area (Å²) in [6.07, 6.45) is 1.21. The molecule has 1 aromatic heterocycles. The lowest BCUT2D eigenvalue weighted by Gasteiger charge is -2.19. The molecule has 0 saturated heterocycles. The van der Waals surface area contributed by atoms with Gasteiger partial charge in [0.1, 0.15) is 10.7 Å². The predicted molar refractivity (Wildman–Crippen MR) is 65.3 cm³/mol. The van der Waals surface area contributed by atoms with E-state index in [2.05, 4.69) is 10.2 Å². The molecular weight excluding hydrogens is 257 g/mol. The number of aromatic nitrogens is 2. The number of H-pyrrole nitrogens is 1. The lowest BCUT2D eigenvalue weighted by atomic mass is 10.3. The van der Waals surface area contributed by atoms with E-state index in [1.54, 1.807) is 13.0 Å². The van der Waals surface area contributed by atoms with Gasteiger partial charge in [0, 0.05) is 7.05 Å². The van der Waals surface area contributed by atoms with E-state index in [9.17, 15) is 12.8 Å². The molecule has 2 aromatic rings. The van der Waals surface area contributed by atoms with E-state index < -0.39 is 15.8 Å². The Morgan fingerprint density at radius 3 is 2.56 bits per heavy atom. The van der Waals surface area contributed by atoms with Gasteiger partial charge in [-0.3, -0.25) is 9.40 Å². The van der Waals surface area contributed by atoms with Gasteiger partial charge in [0.05, 0.1) is 17.6 Å². The number of aryl methyl sites for hydroxylation is 1. The van der Waals surface area contributed by atoms with Crippen molar-refractivity contribution in [1.82, 2.24) is 10.2 Å². The van der Waals surface area contributed by atoms with Crippen LogP contribution in [0.5, 0.6) is 0 Å². The summed E-state index contributed by atoms with van der Waals surface area (Å²) in [5.41, 5.74) is 0.413. The Morgan fingerprint density at radius 2 is 2.00 bits per heavy atom. The topological polar surface area (TPSA) is 66.1 Å². The molecule has 0 unspecified atom stereocenters. The molecule has 0 fully saturated rings. The number of rotatable bonds is 3. The summed E-state index contributed by atoms with van der Waals surface area (Å²) in [4.78, 5) is 0.0354. The van der Waals surface area contributed by atoms with Gasteiger partial charge in [-0.05, 0) is 19.1 Å². The zero-order valence-corrected chi connectivity index (χ0v) is 10.7. The smallest absolute Gasteiger partial charge is 0.267 e. The van der Waals surface area contributed by atoms with Gasteiger partial charge >= 0.3 is 0 Å². The fourth-order valence-electron chi connectivity index (χ4n) is 1.58. The SMILES string of the molecule is Cc1[nH]ncc1S(=O)(=O)N(C)c1ccccc1F. The summed E-state index contributed by atoms with van der Waals surface area (Å²) in [7, 11) is -2.50. The highest BCUT2D eigenvalue weighted by molar-refractivity contribution is 7.92. The third-order valence-electron chi connectivity index (χ3n) is 2.61. The quantitative estimate of drug-likeness (QED) is 0.922. The molecule has 5 nitrogen and oxygen atoms in total. The first-order valence-electron chi connectivity index (χ1n) is 5.18. The molecule has 0 spiro atoms. The zero-order chi connectivity index (χ0) is 13.3. The highest BCUT2D eigenvalue weighted by atomic mass is 32.2. The molecule has 0 aliphatic heterocycles. The van der Waals surface area contributed by atoms with Crippen molar-refractivity contribution < 1.29 is 12.8 Å². The van der Waals surface area contributed by atoms with Crippen LogP contribution in [0.25, 0.3) is 0 Å². The third-order valence-corrected chi connectivity index (χ3v) is 4.50. The maximum Gasteiger partial charge on any atom is 0.267 e. The molecule has 96 valence electrons. The van der Waals surface area contributed by atoms with E-state index in [1.807, 2.05) is 0 Å². The van der Waals surface area contributed by atoms with Crippen LogP contribution < -0.4 is 4.31 Å². The van der Waals surface area contributed by atoms with E-state index in [4.69, 9.17) is 0 Å².